The van der Waals surface area contributed by atoms with E-state index in [4.69, 9.17) is 0 Å². The molecule has 5 heteroatoms. The van der Waals surface area contributed by atoms with E-state index in [1.165, 1.54) is 17.7 Å². The summed E-state index contributed by atoms with van der Waals surface area (Å²) < 4.78 is 14.8. The molecular weight excluding hydrogens is 317 g/mol. The van der Waals surface area contributed by atoms with Gasteiger partial charge in [-0.3, -0.25) is 4.57 Å². The molecule has 1 atom stereocenters. The maximum absolute atomic E-state index is 13.0. The Morgan fingerprint density at radius 3 is 2.84 bits per heavy atom. The van der Waals surface area contributed by atoms with E-state index < -0.39 is 0 Å². The van der Waals surface area contributed by atoms with Gasteiger partial charge in [0.2, 0.25) is 0 Å². The third-order valence-electron chi connectivity index (χ3n) is 5.24. The molecule has 0 saturated carbocycles. The third kappa shape index (κ3) is 3.12. The van der Waals surface area contributed by atoms with Crippen molar-refractivity contribution in [2.24, 2.45) is 0 Å². The van der Waals surface area contributed by atoms with Crippen LogP contribution in [-0.4, -0.2) is 34.1 Å². The minimum Gasteiger partial charge on any atom is -0.306 e. The molecule has 0 spiro atoms. The highest BCUT2D eigenvalue weighted by molar-refractivity contribution is 5.79. The minimum atomic E-state index is -0.190. The Balaban J connectivity index is 1.42. The number of hydrogen-bond acceptors (Lipinski definition) is 2. The van der Waals surface area contributed by atoms with Gasteiger partial charge in [0.25, 0.3) is 0 Å². The van der Waals surface area contributed by atoms with E-state index in [0.717, 1.165) is 48.9 Å². The number of rotatable bonds is 5. The van der Waals surface area contributed by atoms with Crippen molar-refractivity contribution in [2.75, 3.05) is 13.6 Å². The molecule has 25 heavy (non-hydrogen) atoms. The van der Waals surface area contributed by atoms with Gasteiger partial charge >= 0.3 is 5.69 Å². The lowest BCUT2D eigenvalue weighted by Crippen LogP contribution is -2.42. The Morgan fingerprint density at radius 1 is 1.24 bits per heavy atom. The van der Waals surface area contributed by atoms with Gasteiger partial charge in [-0.2, -0.15) is 0 Å². The first-order valence-electron chi connectivity index (χ1n) is 8.77. The van der Waals surface area contributed by atoms with E-state index in [9.17, 15) is 9.18 Å². The van der Waals surface area contributed by atoms with Gasteiger partial charge in [0, 0.05) is 12.6 Å². The van der Waals surface area contributed by atoms with Crippen molar-refractivity contribution in [1.82, 2.24) is 14.5 Å². The number of aromatic nitrogens is 2. The highest BCUT2D eigenvalue weighted by atomic mass is 19.1. The number of likely N-dealkylation sites (N-methyl/N-ethyl adjacent to an activating group) is 1. The molecule has 1 N–H and O–H groups in total. The summed E-state index contributed by atoms with van der Waals surface area (Å²) in [5, 5.41) is 0. The smallest absolute Gasteiger partial charge is 0.306 e. The van der Waals surface area contributed by atoms with E-state index in [-0.39, 0.29) is 11.5 Å². The van der Waals surface area contributed by atoms with Gasteiger partial charge in [-0.25, -0.2) is 9.18 Å². The van der Waals surface area contributed by atoms with Crippen LogP contribution in [0.25, 0.3) is 11.0 Å². The fraction of sp³-hybridized carbons (Fsp3) is 0.350. The molecule has 1 aromatic heterocycles. The third-order valence-corrected chi connectivity index (χ3v) is 5.24. The number of nitrogens with zero attached hydrogens (tertiary/aromatic N) is 2. The van der Waals surface area contributed by atoms with Crippen molar-refractivity contribution in [3.63, 3.8) is 0 Å². The molecule has 2 heterocycles. The van der Waals surface area contributed by atoms with Crippen LogP contribution in [0.5, 0.6) is 0 Å². The summed E-state index contributed by atoms with van der Waals surface area (Å²) in [6.07, 6.45) is 2.90. The minimum absolute atomic E-state index is 0.0214. The summed E-state index contributed by atoms with van der Waals surface area (Å²) in [6.45, 7) is 1.68. The van der Waals surface area contributed by atoms with Gasteiger partial charge in [0.05, 0.1) is 11.0 Å². The molecule has 0 fully saturated rings. The average Bonchev–Trinajstić information content (AvgIpc) is 2.94. The van der Waals surface area contributed by atoms with Crippen molar-refractivity contribution in [2.45, 2.75) is 31.8 Å². The molecule has 0 aliphatic carbocycles. The molecule has 1 aliphatic heterocycles. The predicted molar refractivity (Wildman–Crippen MR) is 97.4 cm³/mol. The van der Waals surface area contributed by atoms with Crippen LogP contribution in [0.15, 0.2) is 47.3 Å². The van der Waals surface area contributed by atoms with Crippen LogP contribution in [-0.2, 0) is 19.4 Å². The number of imidazole rings is 1. The van der Waals surface area contributed by atoms with Crippen LogP contribution in [0.2, 0.25) is 0 Å². The lowest BCUT2D eigenvalue weighted by Gasteiger charge is -2.31. The molecule has 0 bridgehead atoms. The maximum Gasteiger partial charge on any atom is 0.326 e. The zero-order valence-corrected chi connectivity index (χ0v) is 14.3. The first-order valence-corrected chi connectivity index (χ1v) is 8.77. The van der Waals surface area contributed by atoms with Crippen molar-refractivity contribution in [3.05, 3.63) is 69.9 Å². The molecular formula is C20H22FN3O. The Bertz CT molecular complexity index is 942. The monoisotopic (exact) mass is 339 g/mol. The second-order valence-corrected chi connectivity index (χ2v) is 6.92. The molecule has 3 aromatic rings. The first kappa shape index (κ1) is 16.1. The van der Waals surface area contributed by atoms with Crippen LogP contribution in [0.3, 0.4) is 0 Å². The highest BCUT2D eigenvalue weighted by Crippen LogP contribution is 2.24. The summed E-state index contributed by atoms with van der Waals surface area (Å²) >= 11 is 0. The molecule has 0 radical (unpaired) electrons. The van der Waals surface area contributed by atoms with Gasteiger partial charge < -0.3 is 9.88 Å². The van der Waals surface area contributed by atoms with Gasteiger partial charge in [0.15, 0.2) is 0 Å². The van der Waals surface area contributed by atoms with E-state index in [1.54, 1.807) is 0 Å². The van der Waals surface area contributed by atoms with Crippen LogP contribution < -0.4 is 5.69 Å². The second kappa shape index (κ2) is 6.48. The van der Waals surface area contributed by atoms with Crippen molar-refractivity contribution >= 4 is 11.0 Å². The number of halogens is 1. The van der Waals surface area contributed by atoms with Crippen LogP contribution in [0.1, 0.15) is 17.5 Å². The molecule has 2 aromatic carbocycles. The quantitative estimate of drug-likeness (QED) is 0.776. The van der Waals surface area contributed by atoms with E-state index in [0.29, 0.717) is 6.04 Å². The summed E-state index contributed by atoms with van der Waals surface area (Å²) in [6, 6.07) is 13.1. The maximum atomic E-state index is 13.0. The topological polar surface area (TPSA) is 41.0 Å². The van der Waals surface area contributed by atoms with Crippen molar-refractivity contribution in [3.8, 4) is 0 Å². The fourth-order valence-electron chi connectivity index (χ4n) is 3.82. The number of H-pyrrole nitrogens is 1. The SMILES string of the molecule is CN(CCCc1ccc(F)cc1)[C@@H]1Cc2cccc3[nH]c(=O)n(c23)C1. The summed E-state index contributed by atoms with van der Waals surface area (Å²) in [7, 11) is 2.12. The second-order valence-electron chi connectivity index (χ2n) is 6.92. The molecule has 0 saturated heterocycles. The Kier molecular flexibility index (Phi) is 4.17. The van der Waals surface area contributed by atoms with E-state index >= 15 is 0 Å². The molecule has 1 aliphatic rings. The van der Waals surface area contributed by atoms with Crippen molar-refractivity contribution in [1.29, 1.82) is 0 Å². The molecule has 0 unspecified atom stereocenters. The Morgan fingerprint density at radius 2 is 2.04 bits per heavy atom. The number of aryl methyl sites for hydroxylation is 1. The number of nitrogens with one attached hydrogen (secondary N) is 1. The number of hydrogen-bond donors (Lipinski definition) is 1. The predicted octanol–water partition coefficient (Wildman–Crippen LogP) is 2.96. The zero-order valence-electron chi connectivity index (χ0n) is 14.3. The molecule has 4 rings (SSSR count). The number of aromatic amines is 1. The lowest BCUT2D eigenvalue weighted by molar-refractivity contribution is 0.211. The summed E-state index contributed by atoms with van der Waals surface area (Å²) in [5.41, 5.74) is 4.36. The standard InChI is InChI=1S/C20H22FN3O/c1-23(11-3-4-14-7-9-16(21)10-8-14)17-12-15-5-2-6-18-19(15)24(13-17)20(25)22-18/h2,5-10,17H,3-4,11-13H2,1H3,(H,22,25)/t17-/m1/s1. The molecule has 4 nitrogen and oxygen atoms in total. The summed E-state index contributed by atoms with van der Waals surface area (Å²) in [4.78, 5) is 17.5. The first-order chi connectivity index (χ1) is 12.1. The number of para-hydroxylation sites is 1. The van der Waals surface area contributed by atoms with E-state index in [1.807, 2.05) is 28.8 Å². The van der Waals surface area contributed by atoms with Crippen molar-refractivity contribution < 1.29 is 4.39 Å². The molecule has 0 amide bonds. The van der Waals surface area contributed by atoms with Crippen LogP contribution in [0, 0.1) is 5.82 Å². The van der Waals surface area contributed by atoms with Crippen LogP contribution >= 0.6 is 0 Å². The molecule has 130 valence electrons. The van der Waals surface area contributed by atoms with Gasteiger partial charge in [-0.1, -0.05) is 24.3 Å². The Hall–Kier alpha value is -2.40. The normalized spacial score (nSPS) is 16.7. The zero-order chi connectivity index (χ0) is 17.4. The van der Waals surface area contributed by atoms with E-state index in [2.05, 4.69) is 23.0 Å². The Labute approximate surface area is 145 Å². The van der Waals surface area contributed by atoms with Gasteiger partial charge in [-0.05, 0) is 62.2 Å². The highest BCUT2D eigenvalue weighted by Gasteiger charge is 2.25. The largest absolute Gasteiger partial charge is 0.326 e. The summed E-state index contributed by atoms with van der Waals surface area (Å²) in [5.74, 6) is -0.190. The number of benzene rings is 2. The van der Waals surface area contributed by atoms with Crippen LogP contribution in [0.4, 0.5) is 4.39 Å². The fourth-order valence-corrected chi connectivity index (χ4v) is 3.82. The van der Waals surface area contributed by atoms with Gasteiger partial charge in [0.1, 0.15) is 5.82 Å². The average molecular weight is 339 g/mol. The van der Waals surface area contributed by atoms with Gasteiger partial charge in [-0.15, -0.1) is 0 Å². The lowest BCUT2D eigenvalue weighted by atomic mass is 9.99.